The molecule has 4 rings (SSSR count). The lowest BCUT2D eigenvalue weighted by molar-refractivity contribution is -0.137. The van der Waals surface area contributed by atoms with Crippen LogP contribution < -0.4 is 5.73 Å². The number of aromatic nitrogens is 1. The third-order valence-corrected chi connectivity index (χ3v) is 5.24. The number of nitrogens with zero attached hydrogens (tertiary/aromatic N) is 1. The third-order valence-electron chi connectivity index (χ3n) is 5.24. The van der Waals surface area contributed by atoms with Crippen LogP contribution in [0.15, 0.2) is 48.5 Å². The normalized spacial score (nSPS) is 17.0. The number of rotatable bonds is 3. The fraction of sp³-hybridized carbons (Fsp3) is 0.286. The molecule has 0 saturated carbocycles. The molecule has 1 aromatic heterocycles. The molecule has 3 N–H and O–H groups in total. The molecule has 0 saturated heterocycles. The van der Waals surface area contributed by atoms with Crippen LogP contribution in [0.1, 0.15) is 34.8 Å². The molecule has 4 nitrogen and oxygen atoms in total. The SMILES string of the molecule is NCCC(=O)N1CCc2c([nH]c3ccccc23)[C@@H]1c1cccc(C(F)(F)F)c1. The number of amides is 1. The van der Waals surface area contributed by atoms with Crippen LogP contribution in [0.3, 0.4) is 0 Å². The van der Waals surface area contributed by atoms with Gasteiger partial charge in [-0.05, 0) is 35.7 Å². The van der Waals surface area contributed by atoms with Gasteiger partial charge in [0.1, 0.15) is 0 Å². The molecule has 28 heavy (non-hydrogen) atoms. The lowest BCUT2D eigenvalue weighted by Gasteiger charge is -2.36. The van der Waals surface area contributed by atoms with Crippen molar-refractivity contribution in [1.82, 2.24) is 9.88 Å². The quantitative estimate of drug-likeness (QED) is 0.713. The summed E-state index contributed by atoms with van der Waals surface area (Å²) in [7, 11) is 0. The number of benzene rings is 2. The molecular formula is C21H20F3N3O. The van der Waals surface area contributed by atoms with Gasteiger partial charge in [-0.1, -0.05) is 30.3 Å². The Kier molecular flexibility index (Phi) is 4.63. The average molecular weight is 387 g/mol. The van der Waals surface area contributed by atoms with E-state index >= 15 is 0 Å². The number of H-pyrrole nitrogens is 1. The highest BCUT2D eigenvalue weighted by Crippen LogP contribution is 2.40. The average Bonchev–Trinajstić information content (AvgIpc) is 3.05. The summed E-state index contributed by atoms with van der Waals surface area (Å²) in [5.74, 6) is -0.158. The first-order valence-corrected chi connectivity index (χ1v) is 9.16. The van der Waals surface area contributed by atoms with Gasteiger partial charge in [0.15, 0.2) is 0 Å². The van der Waals surface area contributed by atoms with E-state index in [-0.39, 0.29) is 18.9 Å². The van der Waals surface area contributed by atoms with Gasteiger partial charge in [-0.15, -0.1) is 0 Å². The van der Waals surface area contributed by atoms with E-state index in [1.54, 1.807) is 11.0 Å². The van der Waals surface area contributed by atoms with Crippen molar-refractivity contribution in [2.45, 2.75) is 25.1 Å². The van der Waals surface area contributed by atoms with E-state index in [9.17, 15) is 18.0 Å². The topological polar surface area (TPSA) is 62.1 Å². The molecule has 0 spiro atoms. The minimum Gasteiger partial charge on any atom is -0.356 e. The summed E-state index contributed by atoms with van der Waals surface area (Å²) in [4.78, 5) is 17.7. The van der Waals surface area contributed by atoms with Crippen LogP contribution in [0.5, 0.6) is 0 Å². The summed E-state index contributed by atoms with van der Waals surface area (Å²) in [6.07, 6.45) is -3.64. The monoisotopic (exact) mass is 387 g/mol. The number of carbonyl (C=O) groups excluding carboxylic acids is 1. The molecule has 1 atom stereocenters. The Balaban J connectivity index is 1.88. The Morgan fingerprint density at radius 2 is 1.96 bits per heavy atom. The van der Waals surface area contributed by atoms with Crippen molar-refractivity contribution in [2.24, 2.45) is 5.73 Å². The van der Waals surface area contributed by atoms with Crippen molar-refractivity contribution in [3.05, 3.63) is 70.9 Å². The highest BCUT2D eigenvalue weighted by Gasteiger charge is 2.36. The Labute approximate surface area is 160 Å². The van der Waals surface area contributed by atoms with Gasteiger partial charge in [0.25, 0.3) is 0 Å². The highest BCUT2D eigenvalue weighted by molar-refractivity contribution is 5.86. The Bertz CT molecular complexity index is 1030. The fourth-order valence-corrected chi connectivity index (χ4v) is 4.01. The van der Waals surface area contributed by atoms with Crippen molar-refractivity contribution in [3.63, 3.8) is 0 Å². The molecule has 146 valence electrons. The molecule has 1 aliphatic heterocycles. The number of aromatic amines is 1. The standard InChI is InChI=1S/C21H20F3N3O/c22-21(23,24)14-5-3-4-13(12-14)20-19-16(9-11-27(20)18(28)8-10-25)15-6-1-2-7-17(15)26-19/h1-7,12,20,26H,8-11,25H2/t20-/m0/s1. The number of halogens is 3. The zero-order chi connectivity index (χ0) is 19.9. The van der Waals surface area contributed by atoms with Gasteiger partial charge in [-0.3, -0.25) is 4.79 Å². The molecule has 0 radical (unpaired) electrons. The summed E-state index contributed by atoms with van der Waals surface area (Å²) in [5.41, 5.74) is 8.01. The van der Waals surface area contributed by atoms with Gasteiger partial charge in [0, 0.05) is 36.1 Å². The summed E-state index contributed by atoms with van der Waals surface area (Å²) >= 11 is 0. The van der Waals surface area contributed by atoms with Crippen LogP contribution in [0, 0.1) is 0 Å². The maximum Gasteiger partial charge on any atom is 0.416 e. The van der Waals surface area contributed by atoms with E-state index in [4.69, 9.17) is 5.73 Å². The number of alkyl halides is 3. The van der Waals surface area contributed by atoms with Gasteiger partial charge in [0.05, 0.1) is 11.6 Å². The molecule has 1 aliphatic rings. The molecular weight excluding hydrogens is 367 g/mol. The van der Waals surface area contributed by atoms with Gasteiger partial charge in [-0.2, -0.15) is 13.2 Å². The molecule has 3 aromatic rings. The van der Waals surface area contributed by atoms with Crippen molar-refractivity contribution >= 4 is 16.8 Å². The summed E-state index contributed by atoms with van der Waals surface area (Å²) in [6, 6.07) is 12.4. The number of para-hydroxylation sites is 1. The number of carbonyl (C=O) groups is 1. The summed E-state index contributed by atoms with van der Waals surface area (Å²) in [6.45, 7) is 0.638. The largest absolute Gasteiger partial charge is 0.416 e. The first-order chi connectivity index (χ1) is 13.4. The summed E-state index contributed by atoms with van der Waals surface area (Å²) < 4.78 is 39.8. The number of nitrogens with one attached hydrogen (secondary N) is 1. The molecule has 0 bridgehead atoms. The predicted octanol–water partition coefficient (Wildman–Crippen LogP) is 4.01. The molecule has 0 unspecified atom stereocenters. The maximum atomic E-state index is 13.3. The van der Waals surface area contributed by atoms with Crippen molar-refractivity contribution in [3.8, 4) is 0 Å². The van der Waals surface area contributed by atoms with Crippen molar-refractivity contribution in [1.29, 1.82) is 0 Å². The van der Waals surface area contributed by atoms with Gasteiger partial charge >= 0.3 is 6.18 Å². The Morgan fingerprint density at radius 1 is 1.18 bits per heavy atom. The third kappa shape index (κ3) is 3.16. The Hall–Kier alpha value is -2.80. The second-order valence-corrected chi connectivity index (χ2v) is 6.96. The van der Waals surface area contributed by atoms with Crippen LogP contribution in [-0.4, -0.2) is 28.9 Å². The van der Waals surface area contributed by atoms with E-state index < -0.39 is 17.8 Å². The van der Waals surface area contributed by atoms with Crippen LogP contribution in [0.2, 0.25) is 0 Å². The molecule has 0 aliphatic carbocycles. The second kappa shape index (κ2) is 6.98. The number of fused-ring (bicyclic) bond motifs is 3. The van der Waals surface area contributed by atoms with E-state index in [0.29, 0.717) is 18.5 Å². The van der Waals surface area contributed by atoms with Crippen molar-refractivity contribution in [2.75, 3.05) is 13.1 Å². The van der Waals surface area contributed by atoms with Crippen LogP contribution in [0.25, 0.3) is 10.9 Å². The lowest BCUT2D eigenvalue weighted by atomic mass is 9.91. The minimum absolute atomic E-state index is 0.158. The van der Waals surface area contributed by atoms with E-state index in [2.05, 4.69) is 4.98 Å². The predicted molar refractivity (Wildman–Crippen MR) is 101 cm³/mol. The van der Waals surface area contributed by atoms with Crippen LogP contribution in [0.4, 0.5) is 13.2 Å². The molecule has 2 heterocycles. The zero-order valence-corrected chi connectivity index (χ0v) is 15.1. The lowest BCUT2D eigenvalue weighted by Crippen LogP contribution is -2.41. The zero-order valence-electron chi connectivity index (χ0n) is 15.1. The summed E-state index contributed by atoms with van der Waals surface area (Å²) in [5, 5.41) is 1.04. The van der Waals surface area contributed by atoms with E-state index in [1.807, 2.05) is 24.3 Å². The molecule has 7 heteroatoms. The first-order valence-electron chi connectivity index (χ1n) is 9.16. The van der Waals surface area contributed by atoms with Gasteiger partial charge in [-0.25, -0.2) is 0 Å². The van der Waals surface area contributed by atoms with E-state index in [1.165, 1.54) is 6.07 Å². The molecule has 1 amide bonds. The smallest absolute Gasteiger partial charge is 0.356 e. The highest BCUT2D eigenvalue weighted by atomic mass is 19.4. The maximum absolute atomic E-state index is 13.3. The number of hydrogen-bond acceptors (Lipinski definition) is 2. The minimum atomic E-state index is -4.44. The number of nitrogens with two attached hydrogens (primary N) is 1. The van der Waals surface area contributed by atoms with E-state index in [0.717, 1.165) is 34.3 Å². The second-order valence-electron chi connectivity index (χ2n) is 6.96. The van der Waals surface area contributed by atoms with Crippen LogP contribution in [-0.2, 0) is 17.4 Å². The molecule has 0 fully saturated rings. The Morgan fingerprint density at radius 3 is 2.71 bits per heavy atom. The van der Waals surface area contributed by atoms with Crippen LogP contribution >= 0.6 is 0 Å². The van der Waals surface area contributed by atoms with Gasteiger partial charge < -0.3 is 15.6 Å². The van der Waals surface area contributed by atoms with Gasteiger partial charge in [0.2, 0.25) is 5.91 Å². The first kappa shape index (κ1) is 18.6. The fourth-order valence-electron chi connectivity index (χ4n) is 4.01. The van der Waals surface area contributed by atoms with Crippen molar-refractivity contribution < 1.29 is 18.0 Å². The molecule has 2 aromatic carbocycles. The number of hydrogen-bond donors (Lipinski definition) is 2.